The Hall–Kier alpha value is -0.880. The zero-order chi connectivity index (χ0) is 15.3. The summed E-state index contributed by atoms with van der Waals surface area (Å²) in [6.07, 6.45) is -1.10. The number of alkyl halides is 3. The van der Waals surface area contributed by atoms with Crippen molar-refractivity contribution < 1.29 is 14.3 Å². The van der Waals surface area contributed by atoms with Gasteiger partial charge in [-0.25, -0.2) is 4.79 Å². The lowest BCUT2D eigenvalue weighted by Crippen LogP contribution is -2.54. The molecule has 1 aromatic rings. The molecule has 1 N–H and O–H groups in total. The van der Waals surface area contributed by atoms with E-state index in [1.807, 2.05) is 6.07 Å². The summed E-state index contributed by atoms with van der Waals surface area (Å²) in [5.41, 5.74) is 0. The first kappa shape index (κ1) is 16.5. The van der Waals surface area contributed by atoms with Gasteiger partial charge in [0.25, 0.3) is 0 Å². The molecule has 21 heavy (non-hydrogen) atoms. The first-order valence-electron chi connectivity index (χ1n) is 6.38. The molecule has 1 aromatic carbocycles. The summed E-state index contributed by atoms with van der Waals surface area (Å²) < 4.78 is 8.95. The van der Waals surface area contributed by atoms with Crippen LogP contribution in [0.4, 0.5) is 4.79 Å². The highest BCUT2D eigenvalue weighted by molar-refractivity contribution is 6.68. The number of para-hydroxylation sites is 1. The standard InChI is InChI=1S/C13H15Cl3N2O3/c14-13(15,16)11(21-10-4-2-1-3-5-10)17-12(19)18-6-8-20-9-7-18/h1-5,11H,6-9H2,(H,17,19)/t11-/m1/s1. The molecule has 2 amide bonds. The molecule has 0 aromatic heterocycles. The summed E-state index contributed by atoms with van der Waals surface area (Å²) in [5, 5.41) is 2.59. The molecule has 5 nitrogen and oxygen atoms in total. The van der Waals surface area contributed by atoms with Crippen molar-refractivity contribution in [1.82, 2.24) is 10.2 Å². The van der Waals surface area contributed by atoms with Gasteiger partial charge in [0.1, 0.15) is 5.75 Å². The zero-order valence-electron chi connectivity index (χ0n) is 11.1. The summed E-state index contributed by atoms with van der Waals surface area (Å²) in [6, 6.07) is 8.48. The Morgan fingerprint density at radius 2 is 1.86 bits per heavy atom. The van der Waals surface area contributed by atoms with E-state index in [-0.39, 0.29) is 6.03 Å². The van der Waals surface area contributed by atoms with Crippen LogP contribution in [-0.2, 0) is 4.74 Å². The number of amides is 2. The molecule has 2 rings (SSSR count). The fourth-order valence-electron chi connectivity index (χ4n) is 1.78. The molecule has 1 aliphatic heterocycles. The van der Waals surface area contributed by atoms with Gasteiger partial charge >= 0.3 is 6.03 Å². The summed E-state index contributed by atoms with van der Waals surface area (Å²) >= 11 is 17.6. The first-order valence-corrected chi connectivity index (χ1v) is 7.52. The number of carbonyl (C=O) groups excluding carboxylic acids is 1. The highest BCUT2D eigenvalue weighted by Crippen LogP contribution is 2.32. The van der Waals surface area contributed by atoms with Gasteiger partial charge in [-0.1, -0.05) is 53.0 Å². The summed E-state index contributed by atoms with van der Waals surface area (Å²) in [6.45, 7) is 1.96. The molecule has 1 atom stereocenters. The van der Waals surface area contributed by atoms with Gasteiger partial charge in [-0.15, -0.1) is 0 Å². The average Bonchev–Trinajstić information content (AvgIpc) is 2.47. The Labute approximate surface area is 138 Å². The minimum absolute atomic E-state index is 0.356. The number of ether oxygens (including phenoxy) is 2. The van der Waals surface area contributed by atoms with Gasteiger partial charge in [-0.3, -0.25) is 5.32 Å². The van der Waals surface area contributed by atoms with E-state index in [0.29, 0.717) is 32.1 Å². The topological polar surface area (TPSA) is 50.8 Å². The zero-order valence-corrected chi connectivity index (χ0v) is 13.4. The average molecular weight is 354 g/mol. The number of hydrogen-bond acceptors (Lipinski definition) is 3. The molecule has 0 radical (unpaired) electrons. The van der Waals surface area contributed by atoms with E-state index < -0.39 is 10.0 Å². The van der Waals surface area contributed by atoms with Gasteiger partial charge in [-0.2, -0.15) is 0 Å². The number of halogens is 3. The molecule has 0 spiro atoms. The summed E-state index contributed by atoms with van der Waals surface area (Å²) in [4.78, 5) is 13.7. The molecule has 0 unspecified atom stereocenters. The number of nitrogens with zero attached hydrogens (tertiary/aromatic N) is 1. The minimum atomic E-state index is -1.79. The third-order valence-electron chi connectivity index (χ3n) is 2.85. The van der Waals surface area contributed by atoms with Crippen LogP contribution in [0.15, 0.2) is 30.3 Å². The molecule has 0 bridgehead atoms. The van der Waals surface area contributed by atoms with E-state index in [1.54, 1.807) is 29.2 Å². The molecular formula is C13H15Cl3N2O3. The van der Waals surface area contributed by atoms with Gasteiger partial charge in [0.05, 0.1) is 13.2 Å². The minimum Gasteiger partial charge on any atom is -0.466 e. The van der Waals surface area contributed by atoms with Crippen LogP contribution in [0.1, 0.15) is 0 Å². The highest BCUT2D eigenvalue weighted by atomic mass is 35.6. The van der Waals surface area contributed by atoms with E-state index in [4.69, 9.17) is 44.3 Å². The lowest BCUT2D eigenvalue weighted by Gasteiger charge is -2.31. The molecule has 1 aliphatic rings. The van der Waals surface area contributed by atoms with Gasteiger partial charge in [0.15, 0.2) is 0 Å². The smallest absolute Gasteiger partial charge is 0.320 e. The predicted octanol–water partition coefficient (Wildman–Crippen LogP) is 2.80. The van der Waals surface area contributed by atoms with Crippen molar-refractivity contribution in [3.63, 3.8) is 0 Å². The Bertz CT molecular complexity index is 461. The molecule has 0 saturated carbocycles. The number of rotatable bonds is 3. The van der Waals surface area contributed by atoms with Gasteiger partial charge in [0, 0.05) is 13.1 Å². The molecular weight excluding hydrogens is 339 g/mol. The number of urea groups is 1. The van der Waals surface area contributed by atoms with Crippen molar-refractivity contribution in [2.24, 2.45) is 0 Å². The molecule has 0 aliphatic carbocycles. The van der Waals surface area contributed by atoms with Crippen LogP contribution < -0.4 is 10.1 Å². The maximum atomic E-state index is 12.1. The normalized spacial score (nSPS) is 17.2. The molecule has 1 fully saturated rings. The van der Waals surface area contributed by atoms with Crippen LogP contribution >= 0.6 is 34.8 Å². The van der Waals surface area contributed by atoms with E-state index in [0.717, 1.165) is 0 Å². The van der Waals surface area contributed by atoms with Crippen LogP contribution in [0, 0.1) is 0 Å². The lowest BCUT2D eigenvalue weighted by molar-refractivity contribution is 0.0486. The second-order valence-corrected chi connectivity index (χ2v) is 6.77. The maximum Gasteiger partial charge on any atom is 0.320 e. The molecule has 1 saturated heterocycles. The Balaban J connectivity index is 2.01. The number of benzene rings is 1. The third kappa shape index (κ3) is 5.11. The number of nitrogens with one attached hydrogen (secondary N) is 1. The summed E-state index contributed by atoms with van der Waals surface area (Å²) in [7, 11) is 0. The number of hydrogen-bond donors (Lipinski definition) is 1. The van der Waals surface area contributed by atoms with Crippen LogP contribution in [0.2, 0.25) is 0 Å². The van der Waals surface area contributed by atoms with Crippen LogP contribution in [-0.4, -0.2) is 47.3 Å². The van der Waals surface area contributed by atoms with Gasteiger partial charge in [-0.05, 0) is 12.1 Å². The Morgan fingerprint density at radius 1 is 1.24 bits per heavy atom. The lowest BCUT2D eigenvalue weighted by atomic mass is 10.3. The second-order valence-electron chi connectivity index (χ2n) is 4.40. The van der Waals surface area contributed by atoms with Crippen molar-refractivity contribution >= 4 is 40.8 Å². The molecule has 1 heterocycles. The van der Waals surface area contributed by atoms with Crippen LogP contribution in [0.3, 0.4) is 0 Å². The Kier molecular flexibility index (Phi) is 5.81. The highest BCUT2D eigenvalue weighted by Gasteiger charge is 2.37. The number of morpholine rings is 1. The maximum absolute atomic E-state index is 12.1. The molecule has 8 heteroatoms. The van der Waals surface area contributed by atoms with Crippen molar-refractivity contribution in [1.29, 1.82) is 0 Å². The van der Waals surface area contributed by atoms with E-state index in [1.165, 1.54) is 0 Å². The molecule has 116 valence electrons. The Morgan fingerprint density at radius 3 is 2.43 bits per heavy atom. The largest absolute Gasteiger partial charge is 0.466 e. The van der Waals surface area contributed by atoms with Crippen molar-refractivity contribution in [3.8, 4) is 5.75 Å². The number of carbonyl (C=O) groups is 1. The summed E-state index contributed by atoms with van der Waals surface area (Å²) in [5.74, 6) is 0.496. The van der Waals surface area contributed by atoms with E-state index in [9.17, 15) is 4.79 Å². The quantitative estimate of drug-likeness (QED) is 0.671. The SMILES string of the molecule is O=C(N[C@H](Oc1ccccc1)C(Cl)(Cl)Cl)N1CCOCC1. The van der Waals surface area contributed by atoms with Gasteiger partial charge in [0.2, 0.25) is 10.0 Å². The second kappa shape index (κ2) is 7.40. The van der Waals surface area contributed by atoms with Crippen LogP contribution in [0.25, 0.3) is 0 Å². The van der Waals surface area contributed by atoms with E-state index in [2.05, 4.69) is 5.32 Å². The van der Waals surface area contributed by atoms with Crippen molar-refractivity contribution in [3.05, 3.63) is 30.3 Å². The van der Waals surface area contributed by atoms with Crippen molar-refractivity contribution in [2.45, 2.75) is 10.0 Å². The van der Waals surface area contributed by atoms with Gasteiger partial charge < -0.3 is 14.4 Å². The third-order valence-corrected chi connectivity index (χ3v) is 3.44. The van der Waals surface area contributed by atoms with Crippen LogP contribution in [0.5, 0.6) is 5.75 Å². The first-order chi connectivity index (χ1) is 9.97. The van der Waals surface area contributed by atoms with Crippen molar-refractivity contribution in [2.75, 3.05) is 26.3 Å². The predicted molar refractivity (Wildman–Crippen MR) is 82.1 cm³/mol. The monoisotopic (exact) mass is 352 g/mol. The van der Waals surface area contributed by atoms with E-state index >= 15 is 0 Å². The fourth-order valence-corrected chi connectivity index (χ4v) is 2.08. The fraction of sp³-hybridized carbons (Fsp3) is 0.462.